The summed E-state index contributed by atoms with van der Waals surface area (Å²) < 4.78 is 50.0. The van der Waals surface area contributed by atoms with Crippen LogP contribution in [0.4, 0.5) is 18.9 Å². The molecule has 1 fully saturated rings. The molecule has 0 bridgehead atoms. The maximum Gasteiger partial charge on any atom is 0.420 e. The minimum absolute atomic E-state index is 0.0863. The number of nitrogens with one attached hydrogen (secondary N) is 1. The van der Waals surface area contributed by atoms with Gasteiger partial charge < -0.3 is 14.8 Å². The fourth-order valence-corrected chi connectivity index (χ4v) is 3.11. The highest BCUT2D eigenvalue weighted by Gasteiger charge is 2.41. The molecule has 25 heavy (non-hydrogen) atoms. The Morgan fingerprint density at radius 1 is 1.24 bits per heavy atom. The molecular formula is C18H24F3NO3. The lowest BCUT2D eigenvalue weighted by molar-refractivity contribution is -0.146. The molecule has 0 aromatic heterocycles. The zero-order chi connectivity index (χ0) is 18.5. The molecular weight excluding hydrogens is 335 g/mol. The van der Waals surface area contributed by atoms with Crippen LogP contribution < -0.4 is 10.1 Å². The van der Waals surface area contributed by atoms with Crippen LogP contribution in [0.25, 0.3) is 0 Å². The van der Waals surface area contributed by atoms with Crippen molar-refractivity contribution >= 4 is 11.6 Å². The highest BCUT2D eigenvalue weighted by atomic mass is 19.4. The number of hydrogen-bond donors (Lipinski definition) is 1. The summed E-state index contributed by atoms with van der Waals surface area (Å²) in [6.07, 6.45) is 0.151. The van der Waals surface area contributed by atoms with Gasteiger partial charge >= 0.3 is 6.18 Å². The Hall–Kier alpha value is -1.76. The minimum atomic E-state index is -4.56. The normalized spacial score (nSPS) is 17.2. The van der Waals surface area contributed by atoms with Gasteiger partial charge in [0.1, 0.15) is 11.4 Å². The van der Waals surface area contributed by atoms with E-state index >= 15 is 0 Å². The third-order valence-electron chi connectivity index (χ3n) is 4.42. The SMILES string of the molecule is CCCOC1(C(=O)Nc2ccc(OC)c(C(F)(F)F)c2)CCCCC1. The van der Waals surface area contributed by atoms with E-state index in [-0.39, 0.29) is 17.3 Å². The molecule has 1 aliphatic carbocycles. The fraction of sp³-hybridized carbons (Fsp3) is 0.611. The van der Waals surface area contributed by atoms with E-state index in [0.717, 1.165) is 31.7 Å². The van der Waals surface area contributed by atoms with E-state index in [4.69, 9.17) is 9.47 Å². The maximum atomic E-state index is 13.1. The Bertz CT molecular complexity index is 596. The third-order valence-corrected chi connectivity index (χ3v) is 4.42. The first-order valence-electron chi connectivity index (χ1n) is 8.53. The summed E-state index contributed by atoms with van der Waals surface area (Å²) in [7, 11) is 1.18. The number of halogens is 3. The van der Waals surface area contributed by atoms with Crippen molar-refractivity contribution in [2.24, 2.45) is 0 Å². The molecule has 2 rings (SSSR count). The summed E-state index contributed by atoms with van der Waals surface area (Å²) >= 11 is 0. The molecule has 0 radical (unpaired) electrons. The maximum absolute atomic E-state index is 13.1. The Morgan fingerprint density at radius 3 is 2.48 bits per heavy atom. The zero-order valence-electron chi connectivity index (χ0n) is 14.5. The van der Waals surface area contributed by atoms with Gasteiger partial charge in [0.05, 0.1) is 12.7 Å². The van der Waals surface area contributed by atoms with Gasteiger partial charge in [0.25, 0.3) is 5.91 Å². The summed E-state index contributed by atoms with van der Waals surface area (Å²) in [5.74, 6) is -0.654. The van der Waals surface area contributed by atoms with Crippen LogP contribution in [0.3, 0.4) is 0 Å². The molecule has 4 nitrogen and oxygen atoms in total. The first kappa shape index (κ1) is 19.6. The van der Waals surface area contributed by atoms with E-state index in [1.54, 1.807) is 0 Å². The minimum Gasteiger partial charge on any atom is -0.496 e. The van der Waals surface area contributed by atoms with E-state index in [1.807, 2.05) is 6.92 Å². The van der Waals surface area contributed by atoms with Crippen LogP contribution in [0.15, 0.2) is 18.2 Å². The molecule has 1 saturated carbocycles. The molecule has 1 aromatic carbocycles. The molecule has 0 aliphatic heterocycles. The van der Waals surface area contributed by atoms with Gasteiger partial charge in [0.2, 0.25) is 0 Å². The highest BCUT2D eigenvalue weighted by molar-refractivity contribution is 5.97. The van der Waals surface area contributed by atoms with Crippen molar-refractivity contribution in [3.05, 3.63) is 23.8 Å². The molecule has 0 saturated heterocycles. The number of carbonyl (C=O) groups excluding carboxylic acids is 1. The largest absolute Gasteiger partial charge is 0.496 e. The topological polar surface area (TPSA) is 47.6 Å². The number of anilines is 1. The van der Waals surface area contributed by atoms with Crippen LogP contribution in [0, 0.1) is 0 Å². The third kappa shape index (κ3) is 4.66. The van der Waals surface area contributed by atoms with Crippen molar-refractivity contribution in [3.8, 4) is 5.75 Å². The second-order valence-electron chi connectivity index (χ2n) is 6.27. The van der Waals surface area contributed by atoms with Crippen molar-refractivity contribution in [3.63, 3.8) is 0 Å². The van der Waals surface area contributed by atoms with Gasteiger partial charge in [-0.3, -0.25) is 4.79 Å². The standard InChI is InChI=1S/C18H24F3NO3/c1-3-11-25-17(9-5-4-6-10-17)16(23)22-13-7-8-15(24-2)14(12-13)18(19,20)21/h7-8,12H,3-6,9-11H2,1-2H3,(H,22,23). The Kier molecular flexibility index (Phi) is 6.32. The quantitative estimate of drug-likeness (QED) is 0.795. The zero-order valence-corrected chi connectivity index (χ0v) is 14.5. The van der Waals surface area contributed by atoms with Crippen molar-refractivity contribution in [2.45, 2.75) is 57.2 Å². The number of amides is 1. The Morgan fingerprint density at radius 2 is 1.92 bits per heavy atom. The van der Waals surface area contributed by atoms with Crippen LogP contribution in [0.2, 0.25) is 0 Å². The number of benzene rings is 1. The number of ether oxygens (including phenoxy) is 2. The lowest BCUT2D eigenvalue weighted by Gasteiger charge is -2.35. The van der Waals surface area contributed by atoms with E-state index in [0.29, 0.717) is 19.4 Å². The summed E-state index contributed by atoms with van der Waals surface area (Å²) in [5.41, 5.74) is -1.78. The number of hydrogen-bond acceptors (Lipinski definition) is 3. The van der Waals surface area contributed by atoms with Crippen molar-refractivity contribution in [1.29, 1.82) is 0 Å². The van der Waals surface area contributed by atoms with E-state index < -0.39 is 17.3 Å². The van der Waals surface area contributed by atoms with Gasteiger partial charge in [-0.05, 0) is 37.5 Å². The van der Waals surface area contributed by atoms with Gasteiger partial charge in [-0.15, -0.1) is 0 Å². The molecule has 0 unspecified atom stereocenters. The van der Waals surface area contributed by atoms with E-state index in [9.17, 15) is 18.0 Å². The molecule has 1 aromatic rings. The summed E-state index contributed by atoms with van der Waals surface area (Å²) in [4.78, 5) is 12.8. The van der Waals surface area contributed by atoms with Crippen molar-refractivity contribution in [1.82, 2.24) is 0 Å². The predicted octanol–water partition coefficient (Wildman–Crippen LogP) is 4.78. The molecule has 0 spiro atoms. The van der Waals surface area contributed by atoms with Crippen molar-refractivity contribution in [2.75, 3.05) is 19.0 Å². The average molecular weight is 359 g/mol. The smallest absolute Gasteiger partial charge is 0.420 e. The number of methoxy groups -OCH3 is 1. The lowest BCUT2D eigenvalue weighted by Crippen LogP contribution is -2.47. The number of rotatable bonds is 6. The second kappa shape index (κ2) is 8.08. The van der Waals surface area contributed by atoms with E-state index in [1.165, 1.54) is 19.2 Å². The molecule has 0 heterocycles. The summed E-state index contributed by atoms with van der Waals surface area (Å²) in [5, 5.41) is 2.61. The summed E-state index contributed by atoms with van der Waals surface area (Å²) in [6, 6.07) is 3.51. The first-order chi connectivity index (χ1) is 11.8. The first-order valence-corrected chi connectivity index (χ1v) is 8.53. The van der Waals surface area contributed by atoms with Gasteiger partial charge in [-0.1, -0.05) is 26.2 Å². The monoisotopic (exact) mass is 359 g/mol. The highest BCUT2D eigenvalue weighted by Crippen LogP contribution is 2.38. The molecule has 1 N–H and O–H groups in total. The van der Waals surface area contributed by atoms with Crippen LogP contribution in [0.1, 0.15) is 51.0 Å². The molecule has 1 amide bonds. The van der Waals surface area contributed by atoms with Crippen molar-refractivity contribution < 1.29 is 27.4 Å². The fourth-order valence-electron chi connectivity index (χ4n) is 3.11. The van der Waals surface area contributed by atoms with Gasteiger partial charge in [-0.2, -0.15) is 13.2 Å². The number of alkyl halides is 3. The Labute approximate surface area is 145 Å². The summed E-state index contributed by atoms with van der Waals surface area (Å²) in [6.45, 7) is 2.40. The molecule has 1 aliphatic rings. The van der Waals surface area contributed by atoms with E-state index in [2.05, 4.69) is 5.32 Å². The molecule has 140 valence electrons. The van der Waals surface area contributed by atoms with Crippen LogP contribution in [0.5, 0.6) is 5.75 Å². The van der Waals surface area contributed by atoms with Crippen LogP contribution in [-0.4, -0.2) is 25.2 Å². The lowest BCUT2D eigenvalue weighted by atomic mass is 9.83. The second-order valence-corrected chi connectivity index (χ2v) is 6.27. The average Bonchev–Trinajstić information content (AvgIpc) is 2.60. The van der Waals surface area contributed by atoms with Crippen LogP contribution >= 0.6 is 0 Å². The molecule has 0 atom stereocenters. The van der Waals surface area contributed by atoms with Gasteiger partial charge in [-0.25, -0.2) is 0 Å². The van der Waals surface area contributed by atoms with Gasteiger partial charge in [0, 0.05) is 12.3 Å². The van der Waals surface area contributed by atoms with Crippen LogP contribution in [-0.2, 0) is 15.7 Å². The number of carbonyl (C=O) groups is 1. The predicted molar refractivity (Wildman–Crippen MR) is 88.7 cm³/mol. The Balaban J connectivity index is 2.23. The van der Waals surface area contributed by atoms with Gasteiger partial charge in [0.15, 0.2) is 0 Å². The molecule has 7 heteroatoms.